The maximum Gasteiger partial charge on any atom is 0.337 e. The molecule has 0 bridgehead atoms. The maximum absolute atomic E-state index is 12.4. The molecule has 0 fully saturated rings. The number of carbonyl (C=O) groups excluding carboxylic acids is 3. The van der Waals surface area contributed by atoms with Crippen LogP contribution in [0.4, 0.5) is 0 Å². The molecule has 8 heteroatoms. The third kappa shape index (κ3) is 4.07. The summed E-state index contributed by atoms with van der Waals surface area (Å²) < 4.78 is 4.66. The zero-order valence-corrected chi connectivity index (χ0v) is 15.9. The summed E-state index contributed by atoms with van der Waals surface area (Å²) in [6, 6.07) is 13.6. The van der Waals surface area contributed by atoms with Crippen molar-refractivity contribution in [2.24, 2.45) is 5.16 Å². The summed E-state index contributed by atoms with van der Waals surface area (Å²) in [4.78, 5) is 38.2. The molecule has 0 spiro atoms. The van der Waals surface area contributed by atoms with Gasteiger partial charge in [0.25, 0.3) is 11.8 Å². The van der Waals surface area contributed by atoms with Crippen molar-refractivity contribution in [2.45, 2.75) is 11.3 Å². The fourth-order valence-electron chi connectivity index (χ4n) is 2.82. The summed E-state index contributed by atoms with van der Waals surface area (Å²) in [6.07, 6.45) is 0.396. The number of amides is 2. The highest BCUT2D eigenvalue weighted by atomic mass is 32.2. The Morgan fingerprint density at radius 1 is 1.07 bits per heavy atom. The number of carbonyl (C=O) groups is 3. The largest absolute Gasteiger partial charge is 0.465 e. The molecule has 1 aliphatic heterocycles. The summed E-state index contributed by atoms with van der Waals surface area (Å²) >= 11 is 1.51. The highest BCUT2D eigenvalue weighted by Crippen LogP contribution is 2.23. The second-order valence-electron chi connectivity index (χ2n) is 6.02. The lowest BCUT2D eigenvalue weighted by Crippen LogP contribution is -2.35. The minimum atomic E-state index is -0.396. The van der Waals surface area contributed by atoms with Crippen molar-refractivity contribution in [1.82, 2.24) is 4.90 Å². The molecule has 0 saturated carbocycles. The van der Waals surface area contributed by atoms with Crippen molar-refractivity contribution in [1.29, 1.82) is 0 Å². The summed E-state index contributed by atoms with van der Waals surface area (Å²) in [5, 5.41) is 12.5. The molecule has 0 radical (unpaired) electrons. The van der Waals surface area contributed by atoms with E-state index in [4.69, 9.17) is 0 Å². The van der Waals surface area contributed by atoms with Crippen LogP contribution < -0.4 is 0 Å². The van der Waals surface area contributed by atoms with Crippen LogP contribution in [0.3, 0.4) is 0 Å². The predicted octanol–water partition coefficient (Wildman–Crippen LogP) is 3.08. The minimum absolute atomic E-state index is 0.0509. The molecule has 2 aromatic carbocycles. The Bertz CT molecular complexity index is 905. The van der Waals surface area contributed by atoms with Crippen molar-refractivity contribution >= 4 is 35.3 Å². The second-order valence-corrected chi connectivity index (χ2v) is 7.19. The Morgan fingerprint density at radius 2 is 1.68 bits per heavy atom. The number of thioether (sulfide) groups is 1. The molecule has 0 atom stereocenters. The summed E-state index contributed by atoms with van der Waals surface area (Å²) in [6.45, 7) is -0.0509. The summed E-state index contributed by atoms with van der Waals surface area (Å²) in [5.41, 5.74) is 1.54. The van der Waals surface area contributed by atoms with Gasteiger partial charge in [-0.25, -0.2) is 4.79 Å². The van der Waals surface area contributed by atoms with E-state index >= 15 is 0 Å². The normalized spacial score (nSPS) is 13.6. The van der Waals surface area contributed by atoms with E-state index < -0.39 is 5.97 Å². The first-order valence-electron chi connectivity index (χ1n) is 8.51. The number of fused-ring (bicyclic) bond motifs is 1. The number of ether oxygens (including phenoxy) is 1. The number of imide groups is 1. The molecule has 2 amide bonds. The van der Waals surface area contributed by atoms with Crippen LogP contribution in [0.1, 0.15) is 37.5 Å². The average molecular weight is 398 g/mol. The first-order chi connectivity index (χ1) is 13.5. The Morgan fingerprint density at radius 3 is 2.21 bits per heavy atom. The van der Waals surface area contributed by atoms with E-state index in [2.05, 4.69) is 9.89 Å². The fraction of sp³-hybridized carbons (Fsp3) is 0.200. The molecule has 28 heavy (non-hydrogen) atoms. The molecule has 1 heterocycles. The lowest BCUT2D eigenvalue weighted by Gasteiger charge is -2.14. The van der Waals surface area contributed by atoms with Gasteiger partial charge in [-0.2, -0.15) is 0 Å². The molecular weight excluding hydrogens is 380 g/mol. The van der Waals surface area contributed by atoms with Crippen molar-refractivity contribution < 1.29 is 24.3 Å². The van der Waals surface area contributed by atoms with Crippen molar-refractivity contribution in [2.75, 3.05) is 19.4 Å². The van der Waals surface area contributed by atoms with E-state index in [1.165, 1.54) is 18.9 Å². The molecular formula is C20H18N2O5S. The molecule has 1 N–H and O–H groups in total. The third-order valence-electron chi connectivity index (χ3n) is 4.30. The molecule has 144 valence electrons. The number of hydrogen-bond acceptors (Lipinski definition) is 7. The van der Waals surface area contributed by atoms with Crippen LogP contribution in [-0.2, 0) is 4.74 Å². The Labute approximate surface area is 166 Å². The Kier molecular flexibility index (Phi) is 6.10. The highest BCUT2D eigenvalue weighted by Gasteiger charge is 2.35. The van der Waals surface area contributed by atoms with Gasteiger partial charge in [-0.1, -0.05) is 17.3 Å². The van der Waals surface area contributed by atoms with Gasteiger partial charge >= 0.3 is 5.97 Å². The van der Waals surface area contributed by atoms with Gasteiger partial charge in [-0.15, -0.1) is 11.8 Å². The molecule has 7 nitrogen and oxygen atoms in total. The monoisotopic (exact) mass is 398 g/mol. The topological polar surface area (TPSA) is 96.3 Å². The zero-order chi connectivity index (χ0) is 20.1. The van der Waals surface area contributed by atoms with Crippen LogP contribution >= 0.6 is 11.8 Å². The van der Waals surface area contributed by atoms with Gasteiger partial charge in [0.05, 0.1) is 36.1 Å². The molecule has 2 aromatic rings. The van der Waals surface area contributed by atoms with E-state index in [0.717, 1.165) is 9.80 Å². The van der Waals surface area contributed by atoms with Crippen LogP contribution in [0.25, 0.3) is 0 Å². The SMILES string of the molecule is COC(=O)c1ccc(SCC/C(CN2C(=O)c3ccccc3C2=O)=N/O)cc1. The van der Waals surface area contributed by atoms with E-state index in [1.807, 2.05) is 0 Å². The molecule has 0 aliphatic carbocycles. The smallest absolute Gasteiger partial charge is 0.337 e. The van der Waals surface area contributed by atoms with E-state index in [-0.39, 0.29) is 18.4 Å². The molecule has 1 aliphatic rings. The molecule has 0 saturated heterocycles. The van der Waals surface area contributed by atoms with E-state index in [9.17, 15) is 19.6 Å². The van der Waals surface area contributed by atoms with Crippen molar-refractivity contribution in [3.05, 3.63) is 65.2 Å². The van der Waals surface area contributed by atoms with Crippen LogP contribution in [-0.4, -0.2) is 53.0 Å². The molecule has 3 rings (SSSR count). The van der Waals surface area contributed by atoms with Gasteiger partial charge in [-0.05, 0) is 36.4 Å². The standard InChI is InChI=1S/C20H18N2O5S/c1-27-20(25)13-6-8-15(9-7-13)28-11-10-14(21-26)12-22-18(23)16-4-2-3-5-17(16)19(22)24/h2-9,26H,10-12H2,1H3/b21-14-. The van der Waals surface area contributed by atoms with Gasteiger partial charge < -0.3 is 9.94 Å². The second kappa shape index (κ2) is 8.71. The van der Waals surface area contributed by atoms with Crippen LogP contribution in [0.5, 0.6) is 0 Å². The van der Waals surface area contributed by atoms with Crippen LogP contribution in [0, 0.1) is 0 Å². The summed E-state index contributed by atoms with van der Waals surface area (Å²) in [5.74, 6) is -0.576. The number of benzene rings is 2. The Balaban J connectivity index is 1.55. The lowest BCUT2D eigenvalue weighted by atomic mass is 10.1. The van der Waals surface area contributed by atoms with Gasteiger partial charge in [-0.3, -0.25) is 14.5 Å². The number of esters is 1. The summed E-state index contributed by atoms with van der Waals surface area (Å²) in [7, 11) is 1.33. The van der Waals surface area contributed by atoms with Gasteiger partial charge in [0.15, 0.2) is 0 Å². The van der Waals surface area contributed by atoms with Gasteiger partial charge in [0, 0.05) is 17.1 Å². The number of hydrogen-bond donors (Lipinski definition) is 1. The highest BCUT2D eigenvalue weighted by molar-refractivity contribution is 7.99. The first kappa shape index (κ1) is 19.6. The quantitative estimate of drug-likeness (QED) is 0.192. The molecule has 0 unspecified atom stereocenters. The lowest BCUT2D eigenvalue weighted by molar-refractivity contribution is 0.0599. The van der Waals surface area contributed by atoms with Gasteiger partial charge in [0.2, 0.25) is 0 Å². The predicted molar refractivity (Wildman–Crippen MR) is 104 cm³/mol. The van der Waals surface area contributed by atoms with Gasteiger partial charge in [0.1, 0.15) is 0 Å². The fourth-order valence-corrected chi connectivity index (χ4v) is 3.72. The van der Waals surface area contributed by atoms with Crippen LogP contribution in [0.2, 0.25) is 0 Å². The third-order valence-corrected chi connectivity index (χ3v) is 5.31. The number of nitrogens with zero attached hydrogens (tertiary/aromatic N) is 2. The number of oxime groups is 1. The molecule has 0 aromatic heterocycles. The van der Waals surface area contributed by atoms with Crippen molar-refractivity contribution in [3.8, 4) is 0 Å². The van der Waals surface area contributed by atoms with E-state index in [0.29, 0.717) is 34.6 Å². The number of methoxy groups -OCH3 is 1. The zero-order valence-electron chi connectivity index (χ0n) is 15.1. The Hall–Kier alpha value is -3.13. The number of rotatable bonds is 7. The maximum atomic E-state index is 12.4. The first-order valence-corrected chi connectivity index (χ1v) is 9.50. The minimum Gasteiger partial charge on any atom is -0.465 e. The average Bonchev–Trinajstić information content (AvgIpc) is 2.97. The van der Waals surface area contributed by atoms with Crippen LogP contribution in [0.15, 0.2) is 58.6 Å². The van der Waals surface area contributed by atoms with Crippen molar-refractivity contribution in [3.63, 3.8) is 0 Å². The van der Waals surface area contributed by atoms with E-state index in [1.54, 1.807) is 48.5 Å².